The first-order valence-electron chi connectivity index (χ1n) is 8.96. The van der Waals surface area contributed by atoms with Gasteiger partial charge in [-0.25, -0.2) is 0 Å². The number of rotatable bonds is 6. The number of amides is 2. The molecule has 0 aliphatic carbocycles. The highest BCUT2D eigenvalue weighted by Gasteiger charge is 2.37. The van der Waals surface area contributed by atoms with Crippen molar-refractivity contribution < 1.29 is 42.0 Å². The van der Waals surface area contributed by atoms with Crippen LogP contribution in [0.5, 0.6) is 11.5 Å². The van der Waals surface area contributed by atoms with Crippen LogP contribution in [0.2, 0.25) is 0 Å². The lowest BCUT2D eigenvalue weighted by atomic mass is 10.1. The second-order valence-electron chi connectivity index (χ2n) is 6.42. The van der Waals surface area contributed by atoms with E-state index in [1.54, 1.807) is 6.07 Å². The third-order valence-electron chi connectivity index (χ3n) is 4.30. The molecule has 0 spiro atoms. The Morgan fingerprint density at radius 3 is 2.52 bits per heavy atom. The van der Waals surface area contributed by atoms with Crippen LogP contribution in [0.25, 0.3) is 6.08 Å². The van der Waals surface area contributed by atoms with Crippen molar-refractivity contribution in [2.75, 3.05) is 13.7 Å². The van der Waals surface area contributed by atoms with Gasteiger partial charge in [0.25, 0.3) is 11.1 Å². The van der Waals surface area contributed by atoms with Gasteiger partial charge in [-0.1, -0.05) is 18.2 Å². The summed E-state index contributed by atoms with van der Waals surface area (Å²) in [5, 5.41) is 10.6. The van der Waals surface area contributed by atoms with E-state index in [4.69, 9.17) is 4.74 Å². The number of hydrogen-bond donors (Lipinski definition) is 0. The van der Waals surface area contributed by atoms with Crippen molar-refractivity contribution in [2.24, 2.45) is 0 Å². The standard InChI is InChI=1S/C20H13F3N2O7S/c1-31-17(26)10-24-18(27)16(33-19(24)28)8-11-4-2-3-5-14(11)32-15-7-6-12(20(21,22)23)9-13(15)25(29)30/h2-9H,10H2,1H3/b16-8-. The molecule has 0 saturated carbocycles. The summed E-state index contributed by atoms with van der Waals surface area (Å²) >= 11 is 0.559. The summed E-state index contributed by atoms with van der Waals surface area (Å²) in [5.41, 5.74) is -1.90. The van der Waals surface area contributed by atoms with Crippen LogP contribution in [0.1, 0.15) is 11.1 Å². The number of methoxy groups -OCH3 is 1. The van der Waals surface area contributed by atoms with Gasteiger partial charge in [0.15, 0.2) is 0 Å². The number of ether oxygens (including phenoxy) is 2. The predicted molar refractivity (Wildman–Crippen MR) is 109 cm³/mol. The van der Waals surface area contributed by atoms with Crippen LogP contribution in [0.15, 0.2) is 47.4 Å². The van der Waals surface area contributed by atoms with Crippen LogP contribution in [-0.4, -0.2) is 40.6 Å². The number of carbonyl (C=O) groups excluding carboxylic acids is 3. The Balaban J connectivity index is 1.94. The number of thioether (sulfide) groups is 1. The summed E-state index contributed by atoms with van der Waals surface area (Å²) in [4.78, 5) is 46.9. The van der Waals surface area contributed by atoms with Crippen LogP contribution < -0.4 is 4.74 Å². The Labute approximate surface area is 187 Å². The molecule has 13 heteroatoms. The van der Waals surface area contributed by atoms with E-state index in [-0.39, 0.29) is 16.2 Å². The molecule has 0 N–H and O–H groups in total. The minimum Gasteiger partial charge on any atom is -0.468 e. The van der Waals surface area contributed by atoms with Crippen molar-refractivity contribution in [2.45, 2.75) is 6.18 Å². The third kappa shape index (κ3) is 5.31. The van der Waals surface area contributed by atoms with Gasteiger partial charge in [0, 0.05) is 11.6 Å². The molecule has 2 aromatic carbocycles. The number of hydrogen-bond acceptors (Lipinski definition) is 8. The number of nitro groups is 1. The SMILES string of the molecule is COC(=O)CN1C(=O)S/C(=C\c2ccccc2Oc2ccc(C(F)(F)F)cc2[N+](=O)[O-])C1=O. The van der Waals surface area contributed by atoms with Gasteiger partial charge in [0.1, 0.15) is 12.3 Å². The fourth-order valence-corrected chi connectivity index (χ4v) is 3.53. The van der Waals surface area contributed by atoms with Crippen molar-refractivity contribution in [1.29, 1.82) is 0 Å². The molecule has 2 aromatic rings. The van der Waals surface area contributed by atoms with Crippen molar-refractivity contribution in [3.63, 3.8) is 0 Å². The van der Waals surface area contributed by atoms with E-state index in [9.17, 15) is 37.7 Å². The monoisotopic (exact) mass is 482 g/mol. The van der Waals surface area contributed by atoms with E-state index >= 15 is 0 Å². The molecule has 9 nitrogen and oxygen atoms in total. The van der Waals surface area contributed by atoms with Gasteiger partial charge in [-0.3, -0.25) is 29.4 Å². The predicted octanol–water partition coefficient (Wildman–Crippen LogP) is 4.62. The smallest absolute Gasteiger partial charge is 0.416 e. The first-order chi connectivity index (χ1) is 15.5. The third-order valence-corrected chi connectivity index (χ3v) is 5.20. The number of imide groups is 1. The number of halogens is 3. The first-order valence-corrected chi connectivity index (χ1v) is 9.77. The quantitative estimate of drug-likeness (QED) is 0.254. The van der Waals surface area contributed by atoms with Gasteiger partial charge in [-0.05, 0) is 36.0 Å². The number of benzene rings is 2. The molecule has 1 heterocycles. The molecule has 1 saturated heterocycles. The summed E-state index contributed by atoms with van der Waals surface area (Å²) in [5.74, 6) is -2.02. The first kappa shape index (κ1) is 23.8. The fourth-order valence-electron chi connectivity index (χ4n) is 2.71. The Kier molecular flexibility index (Phi) is 6.72. The fraction of sp³-hybridized carbons (Fsp3) is 0.150. The zero-order chi connectivity index (χ0) is 24.3. The van der Waals surface area contributed by atoms with E-state index < -0.39 is 51.8 Å². The molecule has 0 bridgehead atoms. The van der Waals surface area contributed by atoms with Crippen LogP contribution >= 0.6 is 11.8 Å². The Morgan fingerprint density at radius 2 is 1.88 bits per heavy atom. The molecule has 33 heavy (non-hydrogen) atoms. The van der Waals surface area contributed by atoms with Crippen LogP contribution in [0.4, 0.5) is 23.7 Å². The van der Waals surface area contributed by atoms with Crippen molar-refractivity contribution in [3.8, 4) is 11.5 Å². The van der Waals surface area contributed by atoms with Crippen LogP contribution in [0, 0.1) is 10.1 Å². The van der Waals surface area contributed by atoms with E-state index in [1.807, 2.05) is 0 Å². The van der Waals surface area contributed by atoms with Crippen LogP contribution in [-0.2, 0) is 20.5 Å². The molecule has 172 valence electrons. The molecule has 2 amide bonds. The van der Waals surface area contributed by atoms with E-state index in [0.29, 0.717) is 28.8 Å². The highest BCUT2D eigenvalue weighted by molar-refractivity contribution is 8.18. The van der Waals surface area contributed by atoms with Crippen LogP contribution in [0.3, 0.4) is 0 Å². The molecule has 0 radical (unpaired) electrons. The lowest BCUT2D eigenvalue weighted by Gasteiger charge is -2.12. The number of nitrogens with zero attached hydrogens (tertiary/aromatic N) is 2. The summed E-state index contributed by atoms with van der Waals surface area (Å²) in [6, 6.07) is 7.73. The lowest BCUT2D eigenvalue weighted by molar-refractivity contribution is -0.385. The van der Waals surface area contributed by atoms with Crippen molar-refractivity contribution in [3.05, 3.63) is 68.6 Å². The topological polar surface area (TPSA) is 116 Å². The highest BCUT2D eigenvalue weighted by Crippen LogP contribution is 2.39. The number of esters is 1. The summed E-state index contributed by atoms with van der Waals surface area (Å²) in [6.07, 6.45) is -3.51. The number of carbonyl (C=O) groups is 3. The minimum atomic E-state index is -4.78. The molecule has 1 fully saturated rings. The normalized spacial score (nSPS) is 15.2. The molecular formula is C20H13F3N2O7S. The van der Waals surface area contributed by atoms with Gasteiger partial charge >= 0.3 is 17.8 Å². The molecule has 1 aliphatic heterocycles. The molecule has 0 aromatic heterocycles. The Hall–Kier alpha value is -3.87. The number of alkyl halides is 3. The van der Waals surface area contributed by atoms with E-state index in [0.717, 1.165) is 13.2 Å². The van der Waals surface area contributed by atoms with E-state index in [2.05, 4.69) is 4.74 Å². The summed E-state index contributed by atoms with van der Waals surface area (Å²) in [6.45, 7) is -0.575. The largest absolute Gasteiger partial charge is 0.468 e. The van der Waals surface area contributed by atoms with Crippen molar-refractivity contribution >= 4 is 40.6 Å². The maximum atomic E-state index is 12.9. The lowest BCUT2D eigenvalue weighted by Crippen LogP contribution is -2.34. The van der Waals surface area contributed by atoms with Gasteiger partial charge in [-0.15, -0.1) is 0 Å². The molecule has 0 unspecified atom stereocenters. The van der Waals surface area contributed by atoms with Gasteiger partial charge in [-0.2, -0.15) is 13.2 Å². The highest BCUT2D eigenvalue weighted by atomic mass is 32.2. The van der Waals surface area contributed by atoms with Gasteiger partial charge in [0.05, 0.1) is 22.5 Å². The van der Waals surface area contributed by atoms with Gasteiger partial charge < -0.3 is 9.47 Å². The molecule has 0 atom stereocenters. The Bertz CT molecular complexity index is 1180. The molecule has 3 rings (SSSR count). The van der Waals surface area contributed by atoms with Crippen molar-refractivity contribution in [1.82, 2.24) is 4.90 Å². The zero-order valence-corrected chi connectivity index (χ0v) is 17.4. The number of nitro benzene ring substituents is 1. The second kappa shape index (κ2) is 9.32. The maximum absolute atomic E-state index is 12.9. The average molecular weight is 482 g/mol. The molecular weight excluding hydrogens is 469 g/mol. The maximum Gasteiger partial charge on any atom is 0.416 e. The van der Waals surface area contributed by atoms with E-state index in [1.165, 1.54) is 24.3 Å². The Morgan fingerprint density at radius 1 is 1.18 bits per heavy atom. The summed E-state index contributed by atoms with van der Waals surface area (Å²) < 4.78 is 48.7. The molecule has 1 aliphatic rings. The summed E-state index contributed by atoms with van der Waals surface area (Å²) in [7, 11) is 1.10. The minimum absolute atomic E-state index is 0.0138. The average Bonchev–Trinajstić information content (AvgIpc) is 3.01. The number of para-hydroxylation sites is 1. The second-order valence-corrected chi connectivity index (χ2v) is 7.41. The van der Waals surface area contributed by atoms with Gasteiger partial charge in [0.2, 0.25) is 5.75 Å². The zero-order valence-electron chi connectivity index (χ0n) is 16.6.